The Hall–Kier alpha value is -3.85. The molecule has 0 fully saturated rings. The molecule has 3 heteroatoms. The number of fused-ring (bicyclic) bond motifs is 1. The predicted octanol–water partition coefficient (Wildman–Crippen LogP) is 5.85. The van der Waals surface area contributed by atoms with Gasteiger partial charge >= 0.3 is 0 Å². The fourth-order valence-corrected chi connectivity index (χ4v) is 3.85. The molecule has 0 heterocycles. The molecule has 0 aromatic heterocycles. The van der Waals surface area contributed by atoms with Gasteiger partial charge < -0.3 is 10.4 Å². The molecule has 1 unspecified atom stereocenters. The van der Waals surface area contributed by atoms with Crippen molar-refractivity contribution < 1.29 is 9.90 Å². The van der Waals surface area contributed by atoms with Crippen molar-refractivity contribution in [3.63, 3.8) is 0 Å². The Kier molecular flexibility index (Phi) is 5.62. The Morgan fingerprint density at radius 2 is 1.40 bits per heavy atom. The minimum Gasteiger partial charge on any atom is -0.507 e. The highest BCUT2D eigenvalue weighted by Gasteiger charge is 2.23. The van der Waals surface area contributed by atoms with Crippen molar-refractivity contribution >= 4 is 22.8 Å². The number of carbonyl (C=O) groups excluding carboxylic acids is 1. The zero-order valence-corrected chi connectivity index (χ0v) is 16.7. The van der Waals surface area contributed by atoms with E-state index in [9.17, 15) is 9.90 Å². The lowest BCUT2D eigenvalue weighted by Gasteiger charge is -2.24. The average molecular weight is 393 g/mol. The van der Waals surface area contributed by atoms with E-state index in [0.717, 1.165) is 33.2 Å². The molecular formula is C27H23NO2. The fourth-order valence-electron chi connectivity index (χ4n) is 3.85. The quantitative estimate of drug-likeness (QED) is 0.446. The second-order valence-electron chi connectivity index (χ2n) is 7.25. The molecule has 4 aromatic carbocycles. The fraction of sp³-hybridized carbons (Fsp3) is 0.0741. The molecular weight excluding hydrogens is 370 g/mol. The number of rotatable bonds is 5. The molecule has 2 N–H and O–H groups in total. The smallest absolute Gasteiger partial charge is 0.221 e. The molecule has 4 rings (SSSR count). The Labute approximate surface area is 176 Å². The van der Waals surface area contributed by atoms with Crippen LogP contribution in [0.2, 0.25) is 0 Å². The molecule has 3 nitrogen and oxygen atoms in total. The maximum Gasteiger partial charge on any atom is 0.221 e. The normalized spacial score (nSPS) is 12.5. The van der Waals surface area contributed by atoms with E-state index in [4.69, 9.17) is 0 Å². The molecule has 148 valence electrons. The third-order valence-electron chi connectivity index (χ3n) is 5.13. The van der Waals surface area contributed by atoms with Gasteiger partial charge in [0.15, 0.2) is 0 Å². The third kappa shape index (κ3) is 4.11. The molecule has 4 aromatic rings. The zero-order chi connectivity index (χ0) is 20.9. The van der Waals surface area contributed by atoms with Gasteiger partial charge in [-0.25, -0.2) is 0 Å². The number of carbonyl (C=O) groups is 1. The van der Waals surface area contributed by atoms with Gasteiger partial charge in [-0.15, -0.1) is 0 Å². The highest BCUT2D eigenvalue weighted by atomic mass is 16.3. The molecule has 0 aliphatic rings. The molecule has 0 aliphatic heterocycles. The van der Waals surface area contributed by atoms with Crippen molar-refractivity contribution in [2.24, 2.45) is 0 Å². The van der Waals surface area contributed by atoms with Gasteiger partial charge in [-0.05, 0) is 34.2 Å². The lowest BCUT2D eigenvalue weighted by Crippen LogP contribution is -2.24. The van der Waals surface area contributed by atoms with Crippen molar-refractivity contribution in [3.05, 3.63) is 119 Å². The van der Waals surface area contributed by atoms with Gasteiger partial charge in [-0.1, -0.05) is 91.0 Å². The number of hydrogen-bond acceptors (Lipinski definition) is 2. The topological polar surface area (TPSA) is 49.3 Å². The Morgan fingerprint density at radius 3 is 2.07 bits per heavy atom. The number of benzene rings is 4. The molecule has 0 spiro atoms. The van der Waals surface area contributed by atoms with Crippen LogP contribution in [0.25, 0.3) is 16.8 Å². The Bertz CT molecular complexity index is 1200. The first kappa shape index (κ1) is 19.5. The van der Waals surface area contributed by atoms with Crippen molar-refractivity contribution in [3.8, 4) is 5.75 Å². The number of amides is 1. The highest BCUT2D eigenvalue weighted by Crippen LogP contribution is 2.38. The molecule has 0 aliphatic carbocycles. The van der Waals surface area contributed by atoms with Crippen LogP contribution in [0.15, 0.2) is 103 Å². The van der Waals surface area contributed by atoms with E-state index in [1.807, 2.05) is 84.9 Å². The monoisotopic (exact) mass is 393 g/mol. The summed E-state index contributed by atoms with van der Waals surface area (Å²) in [5, 5.41) is 15.2. The summed E-state index contributed by atoms with van der Waals surface area (Å²) in [4.78, 5) is 12.1. The summed E-state index contributed by atoms with van der Waals surface area (Å²) in [6.07, 6.45) is 2.01. The second kappa shape index (κ2) is 8.66. The molecule has 0 saturated carbocycles. The van der Waals surface area contributed by atoms with Gasteiger partial charge in [0.05, 0.1) is 0 Å². The van der Waals surface area contributed by atoms with E-state index in [1.165, 1.54) is 6.92 Å². The van der Waals surface area contributed by atoms with Crippen molar-refractivity contribution in [2.45, 2.75) is 12.8 Å². The molecule has 0 saturated heterocycles. The maximum absolute atomic E-state index is 12.1. The molecule has 30 heavy (non-hydrogen) atoms. The molecule has 0 radical (unpaired) electrons. The summed E-state index contributed by atoms with van der Waals surface area (Å²) in [7, 11) is 0. The maximum atomic E-state index is 12.1. The van der Waals surface area contributed by atoms with Gasteiger partial charge in [0, 0.05) is 23.9 Å². The number of allylic oxidation sites excluding steroid dienone is 1. The SMILES string of the molecule is CC(=O)N/C(=C\c1ccccc1)C(c1ccccc1)c1ccc(O)c2ccccc12. The minimum absolute atomic E-state index is 0.124. The van der Waals surface area contributed by atoms with Crippen molar-refractivity contribution in [2.75, 3.05) is 0 Å². The van der Waals surface area contributed by atoms with Crippen LogP contribution in [-0.2, 0) is 4.79 Å². The highest BCUT2D eigenvalue weighted by molar-refractivity contribution is 5.92. The lowest BCUT2D eigenvalue weighted by atomic mass is 9.84. The van der Waals surface area contributed by atoms with Crippen LogP contribution in [0, 0.1) is 0 Å². The summed E-state index contributed by atoms with van der Waals surface area (Å²) >= 11 is 0. The van der Waals surface area contributed by atoms with Crippen LogP contribution in [0.1, 0.15) is 29.5 Å². The van der Waals surface area contributed by atoms with Gasteiger partial charge in [0.1, 0.15) is 5.75 Å². The predicted molar refractivity (Wildman–Crippen MR) is 122 cm³/mol. The van der Waals surface area contributed by atoms with E-state index < -0.39 is 0 Å². The van der Waals surface area contributed by atoms with E-state index in [0.29, 0.717) is 0 Å². The van der Waals surface area contributed by atoms with Gasteiger partial charge in [-0.3, -0.25) is 4.79 Å². The van der Waals surface area contributed by atoms with Crippen molar-refractivity contribution in [1.82, 2.24) is 5.32 Å². The Balaban J connectivity index is 1.98. The number of phenolic OH excluding ortho intramolecular Hbond substituents is 1. The molecule has 1 atom stereocenters. The minimum atomic E-state index is -0.208. The zero-order valence-electron chi connectivity index (χ0n) is 16.7. The van der Waals surface area contributed by atoms with Crippen LogP contribution in [0.3, 0.4) is 0 Å². The summed E-state index contributed by atoms with van der Waals surface area (Å²) in [6.45, 7) is 1.52. The van der Waals surface area contributed by atoms with Crippen molar-refractivity contribution in [1.29, 1.82) is 0 Å². The average Bonchev–Trinajstić information content (AvgIpc) is 2.77. The number of nitrogens with one attached hydrogen (secondary N) is 1. The van der Waals surface area contributed by atoms with Crippen LogP contribution in [0.4, 0.5) is 0 Å². The molecule has 1 amide bonds. The third-order valence-corrected chi connectivity index (χ3v) is 5.13. The van der Waals surface area contributed by atoms with Crippen LogP contribution in [0.5, 0.6) is 5.75 Å². The van der Waals surface area contributed by atoms with Crippen LogP contribution >= 0.6 is 0 Å². The first-order valence-corrected chi connectivity index (χ1v) is 9.93. The lowest BCUT2D eigenvalue weighted by molar-refractivity contribution is -0.118. The van der Waals surface area contributed by atoms with Crippen LogP contribution < -0.4 is 5.32 Å². The summed E-state index contributed by atoms with van der Waals surface area (Å²) < 4.78 is 0. The first-order valence-electron chi connectivity index (χ1n) is 9.93. The summed E-state index contributed by atoms with van der Waals surface area (Å²) in [5.74, 6) is -0.0868. The standard InChI is InChI=1S/C27H23NO2/c1-19(29)28-25(18-20-10-4-2-5-11-20)27(21-12-6-3-7-13-21)24-16-17-26(30)23-15-9-8-14-22(23)24/h2-18,27,30H,1H3,(H,28,29)/b25-18-. The van der Waals surface area contributed by atoms with E-state index in [1.54, 1.807) is 6.07 Å². The second-order valence-corrected chi connectivity index (χ2v) is 7.25. The van der Waals surface area contributed by atoms with Gasteiger partial charge in [-0.2, -0.15) is 0 Å². The van der Waals surface area contributed by atoms with E-state index in [-0.39, 0.29) is 17.6 Å². The number of hydrogen-bond donors (Lipinski definition) is 2. The van der Waals surface area contributed by atoms with E-state index in [2.05, 4.69) is 17.4 Å². The van der Waals surface area contributed by atoms with Crippen LogP contribution in [-0.4, -0.2) is 11.0 Å². The Morgan fingerprint density at radius 1 is 0.800 bits per heavy atom. The first-order chi connectivity index (χ1) is 14.6. The number of phenols is 1. The largest absolute Gasteiger partial charge is 0.507 e. The summed E-state index contributed by atoms with van der Waals surface area (Å²) in [6, 6.07) is 31.5. The molecule has 0 bridgehead atoms. The summed E-state index contributed by atoms with van der Waals surface area (Å²) in [5.41, 5.74) is 3.87. The number of aromatic hydroxyl groups is 1. The van der Waals surface area contributed by atoms with Gasteiger partial charge in [0.2, 0.25) is 5.91 Å². The van der Waals surface area contributed by atoms with E-state index >= 15 is 0 Å². The van der Waals surface area contributed by atoms with Gasteiger partial charge in [0.25, 0.3) is 0 Å².